The van der Waals surface area contributed by atoms with Crippen molar-refractivity contribution in [3.8, 4) is 11.6 Å². The first-order chi connectivity index (χ1) is 6.40. The van der Waals surface area contributed by atoms with Crippen LogP contribution in [0.15, 0.2) is 29.6 Å². The fraction of sp³-hybridized carbons (Fsp3) is 0. The Balaban J connectivity index is 2.41. The average Bonchev–Trinajstić information content (AvgIpc) is 2.67. The van der Waals surface area contributed by atoms with Gasteiger partial charge in [0, 0.05) is 12.4 Å². The molecule has 0 atom stereocenters. The van der Waals surface area contributed by atoms with E-state index in [0.717, 1.165) is 0 Å². The average molecular weight is 174 g/mol. The normalized spacial score (nSPS) is 9.85. The summed E-state index contributed by atoms with van der Waals surface area (Å²) < 4.78 is 4.81. The molecule has 0 saturated carbocycles. The lowest BCUT2D eigenvalue weighted by Gasteiger charge is -1.87. The molecule has 0 spiro atoms. The molecule has 64 valence electrons. The van der Waals surface area contributed by atoms with Crippen LogP contribution in [0.1, 0.15) is 5.89 Å². The second-order valence-corrected chi connectivity index (χ2v) is 2.23. The molecule has 0 saturated heterocycles. The molecule has 0 radical (unpaired) electrons. The summed E-state index contributed by atoms with van der Waals surface area (Å²) >= 11 is 0. The Kier molecular flexibility index (Phi) is 1.84. The summed E-state index contributed by atoms with van der Waals surface area (Å²) in [6.45, 7) is 3.50. The molecule has 0 bridgehead atoms. The van der Waals surface area contributed by atoms with Gasteiger partial charge in [-0.15, -0.1) is 0 Å². The first-order valence-corrected chi connectivity index (χ1v) is 3.63. The van der Waals surface area contributed by atoms with Crippen LogP contribution in [0.5, 0.6) is 0 Å². The number of rotatable bonds is 2. The monoisotopic (exact) mass is 174 g/mol. The highest BCUT2D eigenvalue weighted by atomic mass is 16.5. The molecular formula is C8H6N4O. The summed E-state index contributed by atoms with van der Waals surface area (Å²) in [5.74, 6) is 1.18. The zero-order valence-electron chi connectivity index (χ0n) is 6.71. The first-order valence-electron chi connectivity index (χ1n) is 3.63. The number of aromatic nitrogens is 4. The summed E-state index contributed by atoms with van der Waals surface area (Å²) in [4.78, 5) is 11.9. The van der Waals surface area contributed by atoms with Crippen LogP contribution < -0.4 is 0 Å². The summed E-state index contributed by atoms with van der Waals surface area (Å²) in [7, 11) is 0. The van der Waals surface area contributed by atoms with E-state index in [-0.39, 0.29) is 0 Å². The third-order valence-corrected chi connectivity index (χ3v) is 1.38. The van der Waals surface area contributed by atoms with Crippen molar-refractivity contribution < 1.29 is 4.52 Å². The minimum absolute atomic E-state index is 0.363. The molecule has 2 heterocycles. The van der Waals surface area contributed by atoms with Crippen LogP contribution in [-0.4, -0.2) is 20.1 Å². The van der Waals surface area contributed by atoms with Crippen LogP contribution in [0, 0.1) is 0 Å². The van der Waals surface area contributed by atoms with Gasteiger partial charge in [-0.05, 0) is 12.1 Å². The summed E-state index contributed by atoms with van der Waals surface area (Å²) in [6.07, 6.45) is 4.71. The molecule has 0 aliphatic carbocycles. The van der Waals surface area contributed by atoms with E-state index in [1.807, 2.05) is 0 Å². The van der Waals surface area contributed by atoms with Gasteiger partial charge in [0.25, 0.3) is 0 Å². The molecule has 0 aliphatic heterocycles. The summed E-state index contributed by atoms with van der Waals surface area (Å²) in [5.41, 5.74) is 0. The zero-order valence-corrected chi connectivity index (χ0v) is 6.71. The molecule has 2 aromatic heterocycles. The largest absolute Gasteiger partial charge is 0.334 e. The van der Waals surface area contributed by atoms with Crippen molar-refractivity contribution >= 4 is 6.08 Å². The van der Waals surface area contributed by atoms with Crippen LogP contribution >= 0.6 is 0 Å². The molecule has 5 heteroatoms. The topological polar surface area (TPSA) is 64.7 Å². The lowest BCUT2D eigenvalue weighted by atomic mass is 10.5. The van der Waals surface area contributed by atoms with Crippen LogP contribution in [0.25, 0.3) is 17.7 Å². The Hall–Kier alpha value is -2.04. The quantitative estimate of drug-likeness (QED) is 0.683. The molecule has 0 aliphatic rings. The molecule has 2 rings (SSSR count). The first kappa shape index (κ1) is 7.60. The van der Waals surface area contributed by atoms with E-state index in [0.29, 0.717) is 17.5 Å². The van der Waals surface area contributed by atoms with Gasteiger partial charge in [-0.25, -0.2) is 9.97 Å². The third-order valence-electron chi connectivity index (χ3n) is 1.38. The Morgan fingerprint density at radius 2 is 2.00 bits per heavy atom. The second-order valence-electron chi connectivity index (χ2n) is 2.23. The van der Waals surface area contributed by atoms with Crippen molar-refractivity contribution in [3.05, 3.63) is 30.9 Å². The lowest BCUT2D eigenvalue weighted by molar-refractivity contribution is 0.411. The molecule has 5 nitrogen and oxygen atoms in total. The predicted octanol–water partition coefficient (Wildman–Crippen LogP) is 1.17. The Labute approximate surface area is 74.2 Å². The molecule has 2 aromatic rings. The van der Waals surface area contributed by atoms with Gasteiger partial charge >= 0.3 is 0 Å². The molecule has 0 N–H and O–H groups in total. The maximum absolute atomic E-state index is 4.81. The van der Waals surface area contributed by atoms with E-state index in [1.165, 1.54) is 6.08 Å². The van der Waals surface area contributed by atoms with E-state index in [2.05, 4.69) is 26.7 Å². The molecular weight excluding hydrogens is 168 g/mol. The number of hydrogen-bond acceptors (Lipinski definition) is 5. The van der Waals surface area contributed by atoms with Gasteiger partial charge in [0.2, 0.25) is 17.5 Å². The van der Waals surface area contributed by atoms with E-state index in [1.54, 1.807) is 18.5 Å². The number of nitrogens with zero attached hydrogens (tertiary/aromatic N) is 4. The Morgan fingerprint density at radius 3 is 2.62 bits per heavy atom. The SMILES string of the molecule is C=Cc1nc(-c2ncccn2)no1. The predicted molar refractivity (Wildman–Crippen MR) is 45.4 cm³/mol. The highest BCUT2D eigenvalue weighted by Crippen LogP contribution is 2.08. The minimum Gasteiger partial charge on any atom is -0.334 e. The van der Waals surface area contributed by atoms with Gasteiger partial charge in [-0.3, -0.25) is 0 Å². The van der Waals surface area contributed by atoms with Crippen molar-refractivity contribution in [2.75, 3.05) is 0 Å². The molecule has 0 amide bonds. The standard InChI is InChI=1S/C8H6N4O/c1-2-6-11-8(12-13-6)7-9-4-3-5-10-7/h2-5H,1H2. The van der Waals surface area contributed by atoms with Crippen LogP contribution in [-0.2, 0) is 0 Å². The smallest absolute Gasteiger partial charge is 0.250 e. The maximum atomic E-state index is 4.81. The van der Waals surface area contributed by atoms with Gasteiger partial charge in [0.05, 0.1) is 0 Å². The van der Waals surface area contributed by atoms with Gasteiger partial charge in [0.1, 0.15) is 0 Å². The van der Waals surface area contributed by atoms with E-state index in [4.69, 9.17) is 4.52 Å². The van der Waals surface area contributed by atoms with E-state index >= 15 is 0 Å². The fourth-order valence-corrected chi connectivity index (χ4v) is 0.823. The minimum atomic E-state index is 0.363. The maximum Gasteiger partial charge on any atom is 0.250 e. The van der Waals surface area contributed by atoms with Crippen LogP contribution in [0.2, 0.25) is 0 Å². The van der Waals surface area contributed by atoms with E-state index < -0.39 is 0 Å². The van der Waals surface area contributed by atoms with Crippen molar-refractivity contribution in [3.63, 3.8) is 0 Å². The summed E-state index contributed by atoms with van der Waals surface area (Å²) in [5, 5.41) is 3.67. The molecule has 0 fully saturated rings. The van der Waals surface area contributed by atoms with Crippen molar-refractivity contribution in [2.24, 2.45) is 0 Å². The van der Waals surface area contributed by atoms with Gasteiger partial charge in [0.15, 0.2) is 0 Å². The van der Waals surface area contributed by atoms with Crippen molar-refractivity contribution in [1.29, 1.82) is 0 Å². The van der Waals surface area contributed by atoms with Gasteiger partial charge in [-0.1, -0.05) is 11.7 Å². The third kappa shape index (κ3) is 1.44. The molecule has 0 aromatic carbocycles. The summed E-state index contributed by atoms with van der Waals surface area (Å²) in [6, 6.07) is 1.72. The van der Waals surface area contributed by atoms with Crippen molar-refractivity contribution in [1.82, 2.24) is 20.1 Å². The Bertz CT molecular complexity index is 409. The molecule has 0 unspecified atom stereocenters. The highest BCUT2D eigenvalue weighted by molar-refractivity contribution is 5.44. The van der Waals surface area contributed by atoms with Gasteiger partial charge in [-0.2, -0.15) is 4.98 Å². The Morgan fingerprint density at radius 1 is 1.23 bits per heavy atom. The van der Waals surface area contributed by atoms with E-state index in [9.17, 15) is 0 Å². The van der Waals surface area contributed by atoms with Crippen molar-refractivity contribution in [2.45, 2.75) is 0 Å². The van der Waals surface area contributed by atoms with Crippen LogP contribution in [0.4, 0.5) is 0 Å². The zero-order chi connectivity index (χ0) is 9.10. The number of hydrogen-bond donors (Lipinski definition) is 0. The van der Waals surface area contributed by atoms with Gasteiger partial charge < -0.3 is 4.52 Å². The van der Waals surface area contributed by atoms with Crippen LogP contribution in [0.3, 0.4) is 0 Å². The lowest BCUT2D eigenvalue weighted by Crippen LogP contribution is -1.88. The second kappa shape index (κ2) is 3.14. The highest BCUT2D eigenvalue weighted by Gasteiger charge is 2.07. The fourth-order valence-electron chi connectivity index (χ4n) is 0.823. The molecule has 13 heavy (non-hydrogen) atoms.